The van der Waals surface area contributed by atoms with Crippen LogP contribution in [-0.2, 0) is 0 Å². The van der Waals surface area contributed by atoms with Gasteiger partial charge < -0.3 is 10.2 Å². The number of aromatic nitrogens is 2. The zero-order valence-electron chi connectivity index (χ0n) is 12.8. The van der Waals surface area contributed by atoms with Gasteiger partial charge in [-0.1, -0.05) is 18.6 Å². The Labute approximate surface area is 126 Å². The molecule has 1 aliphatic heterocycles. The molecule has 2 aromatic rings. The van der Waals surface area contributed by atoms with Crippen LogP contribution in [0.25, 0.3) is 11.0 Å². The molecule has 4 nitrogen and oxygen atoms in total. The van der Waals surface area contributed by atoms with E-state index < -0.39 is 0 Å². The molecule has 0 bridgehead atoms. The van der Waals surface area contributed by atoms with Crippen molar-refractivity contribution >= 4 is 16.9 Å². The van der Waals surface area contributed by atoms with Crippen LogP contribution in [0.15, 0.2) is 30.5 Å². The zero-order valence-corrected chi connectivity index (χ0v) is 12.8. The van der Waals surface area contributed by atoms with Crippen molar-refractivity contribution in [3.05, 3.63) is 30.5 Å². The van der Waals surface area contributed by atoms with Crippen LogP contribution < -0.4 is 5.32 Å². The highest BCUT2D eigenvalue weighted by atomic mass is 15.2. The van der Waals surface area contributed by atoms with Crippen LogP contribution in [0.5, 0.6) is 0 Å². The standard InChI is InChI=1S/C17H24N4/c1-14-7-4-5-11-21(14)12-6-10-18-17-13-19-15-8-2-3-9-16(15)20-17/h2-3,8-9,13-14H,4-7,10-12H2,1H3,(H,18,20). The van der Waals surface area contributed by atoms with Gasteiger partial charge in [-0.15, -0.1) is 0 Å². The summed E-state index contributed by atoms with van der Waals surface area (Å²) in [7, 11) is 0. The lowest BCUT2D eigenvalue weighted by atomic mass is 10.0. The normalized spacial score (nSPS) is 19.8. The molecule has 21 heavy (non-hydrogen) atoms. The third-order valence-corrected chi connectivity index (χ3v) is 4.32. The highest BCUT2D eigenvalue weighted by Gasteiger charge is 2.16. The Morgan fingerprint density at radius 1 is 1.24 bits per heavy atom. The number of benzene rings is 1. The Morgan fingerprint density at radius 3 is 2.95 bits per heavy atom. The molecule has 0 radical (unpaired) electrons. The fourth-order valence-corrected chi connectivity index (χ4v) is 3.03. The van der Waals surface area contributed by atoms with Crippen LogP contribution in [0.1, 0.15) is 32.6 Å². The molecule has 1 N–H and O–H groups in total. The first-order valence-corrected chi connectivity index (χ1v) is 8.02. The molecule has 1 unspecified atom stereocenters. The fraction of sp³-hybridized carbons (Fsp3) is 0.529. The maximum Gasteiger partial charge on any atom is 0.145 e. The van der Waals surface area contributed by atoms with E-state index in [9.17, 15) is 0 Å². The average Bonchev–Trinajstić information content (AvgIpc) is 2.53. The average molecular weight is 284 g/mol. The minimum atomic E-state index is 0.749. The number of rotatable bonds is 5. The summed E-state index contributed by atoms with van der Waals surface area (Å²) in [6.07, 6.45) is 7.07. The highest BCUT2D eigenvalue weighted by molar-refractivity contribution is 5.75. The Bertz CT molecular complexity index is 584. The van der Waals surface area contributed by atoms with Crippen molar-refractivity contribution in [2.24, 2.45) is 0 Å². The molecule has 1 aromatic heterocycles. The summed E-state index contributed by atoms with van der Waals surface area (Å²) in [5.41, 5.74) is 1.90. The van der Waals surface area contributed by atoms with Gasteiger partial charge in [-0.2, -0.15) is 0 Å². The molecule has 112 valence electrons. The zero-order chi connectivity index (χ0) is 14.5. The maximum atomic E-state index is 4.59. The van der Waals surface area contributed by atoms with E-state index in [-0.39, 0.29) is 0 Å². The molecule has 0 spiro atoms. The first-order valence-electron chi connectivity index (χ1n) is 8.02. The molecule has 4 heteroatoms. The Kier molecular flexibility index (Phi) is 4.65. The van der Waals surface area contributed by atoms with E-state index in [1.54, 1.807) is 0 Å². The fourth-order valence-electron chi connectivity index (χ4n) is 3.03. The van der Waals surface area contributed by atoms with Crippen LogP contribution in [0.3, 0.4) is 0 Å². The molecule has 2 heterocycles. The van der Waals surface area contributed by atoms with E-state index in [2.05, 4.69) is 27.1 Å². The van der Waals surface area contributed by atoms with Crippen LogP contribution >= 0.6 is 0 Å². The molecule has 0 amide bonds. The maximum absolute atomic E-state index is 4.59. The minimum absolute atomic E-state index is 0.749. The van der Waals surface area contributed by atoms with Gasteiger partial charge in [-0.3, -0.25) is 4.98 Å². The summed E-state index contributed by atoms with van der Waals surface area (Å²) in [6, 6.07) is 8.73. The van der Waals surface area contributed by atoms with E-state index in [0.29, 0.717) is 0 Å². The van der Waals surface area contributed by atoms with Crippen molar-refractivity contribution in [2.45, 2.75) is 38.6 Å². The third-order valence-electron chi connectivity index (χ3n) is 4.32. The minimum Gasteiger partial charge on any atom is -0.369 e. The van der Waals surface area contributed by atoms with Gasteiger partial charge in [-0.25, -0.2) is 4.98 Å². The third kappa shape index (κ3) is 3.70. The largest absolute Gasteiger partial charge is 0.369 e. The molecule has 1 saturated heterocycles. The number of fused-ring (bicyclic) bond motifs is 1. The van der Waals surface area contributed by atoms with Crippen molar-refractivity contribution in [3.8, 4) is 0 Å². The molecular formula is C17H24N4. The molecule has 0 aliphatic carbocycles. The topological polar surface area (TPSA) is 41.0 Å². The van der Waals surface area contributed by atoms with Gasteiger partial charge in [0.2, 0.25) is 0 Å². The van der Waals surface area contributed by atoms with Crippen LogP contribution in [0.2, 0.25) is 0 Å². The number of anilines is 1. The number of likely N-dealkylation sites (tertiary alicyclic amines) is 1. The molecule has 3 rings (SSSR count). The number of hydrogen-bond acceptors (Lipinski definition) is 4. The molecule has 0 saturated carbocycles. The summed E-state index contributed by atoms with van der Waals surface area (Å²) in [5.74, 6) is 0.875. The van der Waals surface area contributed by atoms with E-state index in [1.807, 2.05) is 30.5 Å². The SMILES string of the molecule is CC1CCCCN1CCCNc1cnc2ccccc2n1. The van der Waals surface area contributed by atoms with Crippen molar-refractivity contribution < 1.29 is 0 Å². The van der Waals surface area contributed by atoms with Crippen molar-refractivity contribution in [3.63, 3.8) is 0 Å². The van der Waals surface area contributed by atoms with Crippen molar-refractivity contribution in [1.82, 2.24) is 14.9 Å². The summed E-state index contributed by atoms with van der Waals surface area (Å²) in [6.45, 7) is 5.74. The van der Waals surface area contributed by atoms with Gasteiger partial charge in [0.05, 0.1) is 17.2 Å². The van der Waals surface area contributed by atoms with Crippen LogP contribution in [-0.4, -0.2) is 40.5 Å². The molecule has 1 aliphatic rings. The first-order chi connectivity index (χ1) is 10.3. The van der Waals surface area contributed by atoms with E-state index in [1.165, 1.54) is 32.4 Å². The number of para-hydroxylation sites is 2. The predicted molar refractivity (Wildman–Crippen MR) is 87.5 cm³/mol. The summed E-state index contributed by atoms with van der Waals surface area (Å²) in [5, 5.41) is 3.39. The Balaban J connectivity index is 1.48. The predicted octanol–water partition coefficient (Wildman–Crippen LogP) is 3.31. The lowest BCUT2D eigenvalue weighted by Gasteiger charge is -2.33. The van der Waals surface area contributed by atoms with Gasteiger partial charge >= 0.3 is 0 Å². The lowest BCUT2D eigenvalue weighted by Crippen LogP contribution is -2.38. The molecule has 1 atom stereocenters. The molecule has 1 aromatic carbocycles. The molecule has 1 fully saturated rings. The summed E-state index contributed by atoms with van der Waals surface area (Å²) in [4.78, 5) is 11.6. The lowest BCUT2D eigenvalue weighted by molar-refractivity contribution is 0.160. The summed E-state index contributed by atoms with van der Waals surface area (Å²) < 4.78 is 0. The van der Waals surface area contributed by atoms with Gasteiger partial charge in [0, 0.05) is 19.1 Å². The van der Waals surface area contributed by atoms with Crippen molar-refractivity contribution in [1.29, 1.82) is 0 Å². The molecular weight excluding hydrogens is 260 g/mol. The smallest absolute Gasteiger partial charge is 0.145 e. The van der Waals surface area contributed by atoms with Crippen LogP contribution in [0.4, 0.5) is 5.82 Å². The van der Waals surface area contributed by atoms with E-state index in [4.69, 9.17) is 0 Å². The second-order valence-electron chi connectivity index (χ2n) is 5.91. The number of hydrogen-bond donors (Lipinski definition) is 1. The first kappa shape index (κ1) is 14.3. The summed E-state index contributed by atoms with van der Waals surface area (Å²) >= 11 is 0. The van der Waals surface area contributed by atoms with Gasteiger partial charge in [0.15, 0.2) is 0 Å². The Morgan fingerprint density at radius 2 is 2.10 bits per heavy atom. The van der Waals surface area contributed by atoms with Gasteiger partial charge in [0.25, 0.3) is 0 Å². The monoisotopic (exact) mass is 284 g/mol. The number of piperidine rings is 1. The quantitative estimate of drug-likeness (QED) is 0.855. The van der Waals surface area contributed by atoms with Crippen molar-refractivity contribution in [2.75, 3.05) is 25.0 Å². The van der Waals surface area contributed by atoms with E-state index in [0.717, 1.165) is 35.9 Å². The number of nitrogens with one attached hydrogen (secondary N) is 1. The van der Waals surface area contributed by atoms with Gasteiger partial charge in [0.1, 0.15) is 5.82 Å². The Hall–Kier alpha value is -1.68. The van der Waals surface area contributed by atoms with E-state index >= 15 is 0 Å². The highest BCUT2D eigenvalue weighted by Crippen LogP contribution is 2.16. The number of nitrogens with zero attached hydrogens (tertiary/aromatic N) is 3. The van der Waals surface area contributed by atoms with Crippen LogP contribution in [0, 0.1) is 0 Å². The second-order valence-corrected chi connectivity index (χ2v) is 5.91. The van der Waals surface area contributed by atoms with Gasteiger partial charge in [-0.05, 0) is 44.9 Å². The second kappa shape index (κ2) is 6.85.